The molecule has 0 unspecified atom stereocenters. The molecule has 4 N–H and O–H groups in total. The smallest absolute Gasteiger partial charge is 0.170 e. The van der Waals surface area contributed by atoms with Crippen molar-refractivity contribution in [2.24, 2.45) is 10.9 Å². The Kier molecular flexibility index (Phi) is 5.33. The molecule has 2 aromatic rings. The second kappa shape index (κ2) is 7.02. The molecule has 0 saturated heterocycles. The fraction of sp³-hybridized carbons (Fsp3) is 0.0714. The van der Waals surface area contributed by atoms with Crippen molar-refractivity contribution in [3.05, 3.63) is 62.0 Å². The van der Waals surface area contributed by atoms with Crippen molar-refractivity contribution in [1.29, 1.82) is 0 Å². The van der Waals surface area contributed by atoms with Gasteiger partial charge in [0.05, 0.1) is 10.7 Å². The van der Waals surface area contributed by atoms with Crippen LogP contribution in [-0.2, 0) is 6.54 Å². The first-order valence-electron chi connectivity index (χ1n) is 5.96. The van der Waals surface area contributed by atoms with E-state index in [4.69, 9.17) is 34.1 Å². The summed E-state index contributed by atoms with van der Waals surface area (Å²) < 4.78 is 0.933. The first-order valence-corrected chi connectivity index (χ1v) is 7.51. The van der Waals surface area contributed by atoms with Crippen molar-refractivity contribution in [2.45, 2.75) is 6.54 Å². The molecule has 0 aliphatic carbocycles. The fourth-order valence-electron chi connectivity index (χ4n) is 1.73. The van der Waals surface area contributed by atoms with Gasteiger partial charge in [-0.25, -0.2) is 0 Å². The first-order chi connectivity index (χ1) is 10.0. The molecule has 21 heavy (non-hydrogen) atoms. The highest BCUT2D eigenvalue weighted by Crippen LogP contribution is 2.27. The molecule has 0 radical (unpaired) electrons. The molecule has 2 aromatic carbocycles. The number of oxime groups is 1. The average Bonchev–Trinajstić information content (AvgIpc) is 2.48. The van der Waals surface area contributed by atoms with Crippen LogP contribution in [0.15, 0.2) is 46.0 Å². The third kappa shape index (κ3) is 4.03. The summed E-state index contributed by atoms with van der Waals surface area (Å²) in [5.41, 5.74) is 7.76. The van der Waals surface area contributed by atoms with Crippen LogP contribution in [0.2, 0.25) is 10.0 Å². The van der Waals surface area contributed by atoms with E-state index in [1.807, 2.05) is 18.2 Å². The zero-order chi connectivity index (χ0) is 15.4. The number of nitrogens with zero attached hydrogens (tertiary/aromatic N) is 1. The minimum atomic E-state index is 0.0199. The Morgan fingerprint density at radius 1 is 1.19 bits per heavy atom. The van der Waals surface area contributed by atoms with Gasteiger partial charge < -0.3 is 16.3 Å². The highest BCUT2D eigenvalue weighted by Gasteiger charge is 2.06. The molecule has 0 spiro atoms. The largest absolute Gasteiger partial charge is 0.409 e. The normalized spacial score (nSPS) is 11.5. The van der Waals surface area contributed by atoms with Crippen molar-refractivity contribution >= 4 is 50.7 Å². The average molecular weight is 389 g/mol. The third-order valence-electron chi connectivity index (χ3n) is 2.85. The first kappa shape index (κ1) is 15.9. The number of anilines is 1. The Hall–Kier alpha value is -1.43. The Labute approximate surface area is 140 Å². The summed E-state index contributed by atoms with van der Waals surface area (Å²) in [6.45, 7) is 0.505. The number of amidine groups is 1. The van der Waals surface area contributed by atoms with Crippen LogP contribution >= 0.6 is 39.1 Å². The van der Waals surface area contributed by atoms with Gasteiger partial charge in [-0.2, -0.15) is 0 Å². The van der Waals surface area contributed by atoms with Crippen molar-refractivity contribution in [3.63, 3.8) is 0 Å². The van der Waals surface area contributed by atoms with Gasteiger partial charge in [-0.15, -0.1) is 0 Å². The van der Waals surface area contributed by atoms with Crippen LogP contribution in [0.3, 0.4) is 0 Å². The Bertz CT molecular complexity index is 692. The maximum atomic E-state index is 8.65. The van der Waals surface area contributed by atoms with Crippen molar-refractivity contribution in [2.75, 3.05) is 5.32 Å². The van der Waals surface area contributed by atoms with Gasteiger partial charge in [-0.3, -0.25) is 0 Å². The number of hydrogen-bond acceptors (Lipinski definition) is 3. The van der Waals surface area contributed by atoms with Crippen molar-refractivity contribution in [1.82, 2.24) is 0 Å². The molecule has 0 saturated carbocycles. The second-order valence-corrected chi connectivity index (χ2v) is 6.00. The zero-order valence-corrected chi connectivity index (χ0v) is 13.9. The molecular formula is C14H12BrCl2N3O. The summed E-state index contributed by atoms with van der Waals surface area (Å²) >= 11 is 15.7. The van der Waals surface area contributed by atoms with Gasteiger partial charge in [0.1, 0.15) is 0 Å². The van der Waals surface area contributed by atoms with Crippen LogP contribution in [0.1, 0.15) is 11.1 Å². The lowest BCUT2D eigenvalue weighted by atomic mass is 10.1. The van der Waals surface area contributed by atoms with Gasteiger partial charge in [-0.1, -0.05) is 56.4 Å². The monoisotopic (exact) mass is 387 g/mol. The summed E-state index contributed by atoms with van der Waals surface area (Å²) in [7, 11) is 0. The summed E-state index contributed by atoms with van der Waals surface area (Å²) in [6, 6.07) is 10.8. The molecule has 0 bridgehead atoms. The molecule has 0 atom stereocenters. The zero-order valence-electron chi connectivity index (χ0n) is 10.8. The van der Waals surface area contributed by atoms with E-state index in [2.05, 4.69) is 26.4 Å². The second-order valence-electron chi connectivity index (χ2n) is 4.27. The predicted molar refractivity (Wildman–Crippen MR) is 90.4 cm³/mol. The van der Waals surface area contributed by atoms with Gasteiger partial charge in [0.2, 0.25) is 0 Å². The highest BCUT2D eigenvalue weighted by molar-refractivity contribution is 9.10. The number of nitrogens with one attached hydrogen (secondary N) is 1. The Morgan fingerprint density at radius 3 is 2.62 bits per heavy atom. The summed E-state index contributed by atoms with van der Waals surface area (Å²) in [5, 5.41) is 16.0. The van der Waals surface area contributed by atoms with Gasteiger partial charge in [0.15, 0.2) is 5.84 Å². The van der Waals surface area contributed by atoms with Crippen LogP contribution in [0, 0.1) is 0 Å². The molecule has 0 aliphatic heterocycles. The number of rotatable bonds is 4. The lowest BCUT2D eigenvalue weighted by Crippen LogP contribution is -2.13. The van der Waals surface area contributed by atoms with E-state index < -0.39 is 0 Å². The van der Waals surface area contributed by atoms with Crippen LogP contribution in [0.4, 0.5) is 5.69 Å². The highest BCUT2D eigenvalue weighted by atomic mass is 79.9. The molecule has 0 amide bonds. The lowest BCUT2D eigenvalue weighted by Gasteiger charge is -2.11. The van der Waals surface area contributed by atoms with Crippen molar-refractivity contribution < 1.29 is 5.21 Å². The molecule has 0 aliphatic rings. The van der Waals surface area contributed by atoms with E-state index in [0.717, 1.165) is 15.7 Å². The van der Waals surface area contributed by atoms with Crippen molar-refractivity contribution in [3.8, 4) is 0 Å². The number of benzene rings is 2. The van der Waals surface area contributed by atoms with Gasteiger partial charge >= 0.3 is 0 Å². The van der Waals surface area contributed by atoms with E-state index in [-0.39, 0.29) is 5.84 Å². The van der Waals surface area contributed by atoms with Crippen LogP contribution in [0.5, 0.6) is 0 Å². The predicted octanol–water partition coefficient (Wildman–Crippen LogP) is 4.46. The molecule has 0 heterocycles. The Morgan fingerprint density at radius 2 is 1.95 bits per heavy atom. The van der Waals surface area contributed by atoms with E-state index in [0.29, 0.717) is 22.2 Å². The molecule has 2 rings (SSSR count). The minimum Gasteiger partial charge on any atom is -0.409 e. The molecule has 0 aromatic heterocycles. The summed E-state index contributed by atoms with van der Waals surface area (Å²) in [6.07, 6.45) is 0. The molecule has 4 nitrogen and oxygen atoms in total. The Balaban J connectivity index is 2.15. The lowest BCUT2D eigenvalue weighted by molar-refractivity contribution is 0.318. The maximum absolute atomic E-state index is 8.65. The standard InChI is InChI=1S/C14H12BrCl2N3O/c15-10-3-4-11(16)13(6-10)19-7-9-2-1-8(5-12(9)17)14(18)20-21/h1-6,19,21H,7H2,(H2,18,20). The summed E-state index contributed by atoms with van der Waals surface area (Å²) in [5.74, 6) is 0.0199. The molecule has 0 fully saturated rings. The maximum Gasteiger partial charge on any atom is 0.170 e. The van der Waals surface area contributed by atoms with Gasteiger partial charge in [0, 0.05) is 21.6 Å². The van der Waals surface area contributed by atoms with E-state index >= 15 is 0 Å². The van der Waals surface area contributed by atoms with Crippen LogP contribution in [-0.4, -0.2) is 11.0 Å². The van der Waals surface area contributed by atoms with Gasteiger partial charge in [-0.05, 0) is 29.8 Å². The molecule has 7 heteroatoms. The van der Waals surface area contributed by atoms with Crippen LogP contribution in [0.25, 0.3) is 0 Å². The number of hydrogen-bond donors (Lipinski definition) is 3. The quantitative estimate of drug-likeness (QED) is 0.313. The summed E-state index contributed by atoms with van der Waals surface area (Å²) in [4.78, 5) is 0. The van der Waals surface area contributed by atoms with E-state index in [1.54, 1.807) is 18.2 Å². The third-order valence-corrected chi connectivity index (χ3v) is 4.03. The fourth-order valence-corrected chi connectivity index (χ4v) is 2.52. The van der Waals surface area contributed by atoms with Crippen LogP contribution < -0.4 is 11.1 Å². The molecule has 110 valence electrons. The van der Waals surface area contributed by atoms with E-state index in [1.165, 1.54) is 0 Å². The minimum absolute atomic E-state index is 0.0199. The van der Waals surface area contributed by atoms with E-state index in [9.17, 15) is 0 Å². The van der Waals surface area contributed by atoms with Gasteiger partial charge in [0.25, 0.3) is 0 Å². The topological polar surface area (TPSA) is 70.6 Å². The number of nitrogens with two attached hydrogens (primary N) is 1. The molecular weight excluding hydrogens is 377 g/mol. The SMILES string of the molecule is N/C(=N/O)c1ccc(CNc2cc(Br)ccc2Cl)c(Cl)c1. The number of halogens is 3.